The van der Waals surface area contributed by atoms with E-state index in [1.807, 2.05) is 0 Å². The Morgan fingerprint density at radius 3 is 2.81 bits per heavy atom. The van der Waals surface area contributed by atoms with Gasteiger partial charge >= 0.3 is 0 Å². The number of nitrogens with zero attached hydrogens (tertiary/aromatic N) is 2. The molecule has 1 fully saturated rings. The predicted molar refractivity (Wildman–Crippen MR) is 77.6 cm³/mol. The van der Waals surface area contributed by atoms with Crippen LogP contribution in [0.2, 0.25) is 0 Å². The van der Waals surface area contributed by atoms with Gasteiger partial charge in [-0.3, -0.25) is 14.9 Å². The SMILES string of the molecule is CN(C(=O)/C=C/c1ccccc1[N+](=O)[O-])[C@@H]1CNC[C@H]1O. The van der Waals surface area contributed by atoms with Crippen LogP contribution in [-0.2, 0) is 4.79 Å². The molecule has 2 N–H and O–H groups in total. The van der Waals surface area contributed by atoms with Gasteiger partial charge < -0.3 is 15.3 Å². The molecule has 0 bridgehead atoms. The van der Waals surface area contributed by atoms with Crippen LogP contribution in [0, 0.1) is 10.1 Å². The van der Waals surface area contributed by atoms with Crippen molar-refractivity contribution in [3.05, 3.63) is 46.0 Å². The standard InChI is InChI=1S/C14H17N3O4/c1-16(12-8-15-9-13(12)18)14(19)7-6-10-4-2-3-5-11(10)17(20)21/h2-7,12-13,15,18H,8-9H2,1H3/b7-6+/t12-,13-/m1/s1. The first-order chi connectivity index (χ1) is 10.0. The van der Waals surface area contributed by atoms with E-state index < -0.39 is 11.0 Å². The monoisotopic (exact) mass is 291 g/mol. The van der Waals surface area contributed by atoms with Gasteiger partial charge in [-0.15, -0.1) is 0 Å². The highest BCUT2D eigenvalue weighted by atomic mass is 16.6. The largest absolute Gasteiger partial charge is 0.390 e. The van der Waals surface area contributed by atoms with Crippen LogP contribution in [0.4, 0.5) is 5.69 Å². The summed E-state index contributed by atoms with van der Waals surface area (Å²) in [4.78, 5) is 23.9. The van der Waals surface area contributed by atoms with Crippen molar-refractivity contribution in [3.8, 4) is 0 Å². The summed E-state index contributed by atoms with van der Waals surface area (Å²) in [6.45, 7) is 0.985. The van der Waals surface area contributed by atoms with Crippen LogP contribution >= 0.6 is 0 Å². The summed E-state index contributed by atoms with van der Waals surface area (Å²) >= 11 is 0. The lowest BCUT2D eigenvalue weighted by molar-refractivity contribution is -0.385. The highest BCUT2D eigenvalue weighted by Crippen LogP contribution is 2.19. The van der Waals surface area contributed by atoms with Gasteiger partial charge in [0.25, 0.3) is 5.69 Å². The number of carbonyl (C=O) groups excluding carboxylic acids is 1. The van der Waals surface area contributed by atoms with E-state index in [2.05, 4.69) is 5.32 Å². The smallest absolute Gasteiger partial charge is 0.276 e. The minimum Gasteiger partial charge on any atom is -0.390 e. The van der Waals surface area contributed by atoms with Crippen LogP contribution in [0.25, 0.3) is 6.08 Å². The van der Waals surface area contributed by atoms with Gasteiger partial charge in [0.2, 0.25) is 5.91 Å². The molecule has 0 spiro atoms. The van der Waals surface area contributed by atoms with Crippen LogP contribution in [0.1, 0.15) is 5.56 Å². The molecule has 0 unspecified atom stereocenters. The fourth-order valence-electron chi connectivity index (χ4n) is 2.28. The molecule has 0 aromatic heterocycles. The third kappa shape index (κ3) is 3.45. The van der Waals surface area contributed by atoms with Gasteiger partial charge in [-0.05, 0) is 12.1 Å². The summed E-state index contributed by atoms with van der Waals surface area (Å²) < 4.78 is 0. The first-order valence-corrected chi connectivity index (χ1v) is 6.58. The maximum atomic E-state index is 12.1. The van der Waals surface area contributed by atoms with E-state index in [9.17, 15) is 20.0 Å². The topological polar surface area (TPSA) is 95.7 Å². The summed E-state index contributed by atoms with van der Waals surface area (Å²) in [6.07, 6.45) is 2.11. The Balaban J connectivity index is 2.10. The van der Waals surface area contributed by atoms with E-state index in [-0.39, 0.29) is 17.6 Å². The second-order valence-electron chi connectivity index (χ2n) is 4.89. The molecule has 112 valence electrons. The van der Waals surface area contributed by atoms with Crippen LogP contribution in [-0.4, -0.2) is 53.1 Å². The zero-order valence-corrected chi connectivity index (χ0v) is 11.6. The number of aliphatic hydroxyl groups is 1. The first kappa shape index (κ1) is 15.1. The number of para-hydroxylation sites is 1. The predicted octanol–water partition coefficient (Wildman–Crippen LogP) is 0.399. The van der Waals surface area contributed by atoms with Gasteiger partial charge in [-0.25, -0.2) is 0 Å². The summed E-state index contributed by atoms with van der Waals surface area (Å²) in [7, 11) is 1.60. The molecule has 1 amide bonds. The maximum absolute atomic E-state index is 12.1. The first-order valence-electron chi connectivity index (χ1n) is 6.58. The van der Waals surface area contributed by atoms with Crippen molar-refractivity contribution in [2.24, 2.45) is 0 Å². The number of benzene rings is 1. The Morgan fingerprint density at radius 1 is 1.48 bits per heavy atom. The fraction of sp³-hybridized carbons (Fsp3) is 0.357. The zero-order chi connectivity index (χ0) is 15.4. The molecule has 2 atom stereocenters. The van der Waals surface area contributed by atoms with Crippen LogP contribution < -0.4 is 5.32 Å². The van der Waals surface area contributed by atoms with Crippen molar-refractivity contribution in [2.45, 2.75) is 12.1 Å². The van der Waals surface area contributed by atoms with Crippen molar-refractivity contribution in [2.75, 3.05) is 20.1 Å². The normalized spacial score (nSPS) is 21.6. The number of likely N-dealkylation sites (N-methyl/N-ethyl adjacent to an activating group) is 1. The van der Waals surface area contributed by atoms with Crippen molar-refractivity contribution in [1.82, 2.24) is 10.2 Å². The van der Waals surface area contributed by atoms with Gasteiger partial charge in [-0.2, -0.15) is 0 Å². The Labute approximate surface area is 122 Å². The average molecular weight is 291 g/mol. The van der Waals surface area contributed by atoms with Gasteiger partial charge in [0.15, 0.2) is 0 Å². The second kappa shape index (κ2) is 6.47. The number of hydrogen-bond donors (Lipinski definition) is 2. The average Bonchev–Trinajstić information content (AvgIpc) is 2.90. The number of aliphatic hydroxyl groups excluding tert-OH is 1. The second-order valence-corrected chi connectivity index (χ2v) is 4.89. The summed E-state index contributed by atoms with van der Waals surface area (Å²) in [5.41, 5.74) is 0.320. The Morgan fingerprint density at radius 2 is 2.19 bits per heavy atom. The molecule has 1 aliphatic heterocycles. The van der Waals surface area contributed by atoms with E-state index in [1.54, 1.807) is 25.2 Å². The lowest BCUT2D eigenvalue weighted by atomic mass is 10.1. The molecule has 7 nitrogen and oxygen atoms in total. The molecule has 1 saturated heterocycles. The molecule has 7 heteroatoms. The van der Waals surface area contributed by atoms with E-state index in [4.69, 9.17) is 0 Å². The van der Waals surface area contributed by atoms with Gasteiger partial charge in [0.05, 0.1) is 22.6 Å². The Hall–Kier alpha value is -2.25. The quantitative estimate of drug-likeness (QED) is 0.475. The molecule has 1 aromatic rings. The van der Waals surface area contributed by atoms with Gasteiger partial charge in [-0.1, -0.05) is 12.1 Å². The number of rotatable bonds is 4. The number of nitro benzene ring substituents is 1. The lowest BCUT2D eigenvalue weighted by Gasteiger charge is -2.25. The van der Waals surface area contributed by atoms with E-state index in [0.717, 1.165) is 0 Å². The molecule has 1 aromatic carbocycles. The zero-order valence-electron chi connectivity index (χ0n) is 11.6. The Kier molecular flexibility index (Phi) is 4.66. The summed E-state index contributed by atoms with van der Waals surface area (Å²) in [5, 5.41) is 23.6. The van der Waals surface area contributed by atoms with Crippen LogP contribution in [0.3, 0.4) is 0 Å². The fourth-order valence-corrected chi connectivity index (χ4v) is 2.28. The third-order valence-electron chi connectivity index (χ3n) is 3.54. The number of nitro groups is 1. The molecular formula is C14H17N3O4. The summed E-state index contributed by atoms with van der Waals surface area (Å²) in [5.74, 6) is -0.305. The van der Waals surface area contributed by atoms with Crippen LogP contribution in [0.5, 0.6) is 0 Å². The maximum Gasteiger partial charge on any atom is 0.276 e. The van der Waals surface area contributed by atoms with E-state index in [0.29, 0.717) is 18.7 Å². The minimum absolute atomic E-state index is 0.0493. The molecule has 1 aliphatic rings. The molecule has 0 saturated carbocycles. The van der Waals surface area contributed by atoms with Gasteiger partial charge in [0, 0.05) is 32.3 Å². The van der Waals surface area contributed by atoms with E-state index >= 15 is 0 Å². The van der Waals surface area contributed by atoms with Crippen molar-refractivity contribution >= 4 is 17.7 Å². The Bertz CT molecular complexity index is 573. The van der Waals surface area contributed by atoms with Gasteiger partial charge in [0.1, 0.15) is 0 Å². The number of amides is 1. The molecule has 0 radical (unpaired) electrons. The molecule has 1 heterocycles. The minimum atomic E-state index is -0.599. The molecular weight excluding hydrogens is 274 g/mol. The molecule has 2 rings (SSSR count). The number of carbonyl (C=O) groups is 1. The number of β-amino-alcohol motifs (C(OH)–C–C–N with tert-alkyl or cyclic N) is 1. The van der Waals surface area contributed by atoms with Crippen LogP contribution in [0.15, 0.2) is 30.3 Å². The molecule has 21 heavy (non-hydrogen) atoms. The highest BCUT2D eigenvalue weighted by molar-refractivity contribution is 5.92. The number of nitrogens with one attached hydrogen (secondary N) is 1. The number of hydrogen-bond acceptors (Lipinski definition) is 5. The molecule has 0 aliphatic carbocycles. The van der Waals surface area contributed by atoms with E-state index in [1.165, 1.54) is 23.1 Å². The third-order valence-corrected chi connectivity index (χ3v) is 3.54. The summed E-state index contributed by atoms with van der Waals surface area (Å²) in [6, 6.07) is 5.93. The van der Waals surface area contributed by atoms with Crippen molar-refractivity contribution < 1.29 is 14.8 Å². The lowest BCUT2D eigenvalue weighted by Crippen LogP contribution is -2.43. The van der Waals surface area contributed by atoms with Crippen molar-refractivity contribution in [1.29, 1.82) is 0 Å². The highest BCUT2D eigenvalue weighted by Gasteiger charge is 2.30. The van der Waals surface area contributed by atoms with Crippen molar-refractivity contribution in [3.63, 3.8) is 0 Å².